The Morgan fingerprint density at radius 2 is 1.19 bits per heavy atom. The van der Waals surface area contributed by atoms with Crippen molar-refractivity contribution in [3.8, 4) is 33.8 Å². The van der Waals surface area contributed by atoms with E-state index in [1.807, 2.05) is 17.8 Å². The number of methoxy groups -OCH3 is 2. The molecule has 0 amide bonds. The van der Waals surface area contributed by atoms with Gasteiger partial charge in [-0.2, -0.15) is 5.10 Å². The van der Waals surface area contributed by atoms with Gasteiger partial charge in [0.2, 0.25) is 0 Å². The second-order valence-corrected chi connectivity index (χ2v) is 15.0. The Balaban J connectivity index is 0.000000270. The van der Waals surface area contributed by atoms with Crippen LogP contribution >= 0.6 is 11.6 Å². The van der Waals surface area contributed by atoms with Crippen molar-refractivity contribution in [1.82, 2.24) is 50.0 Å². The number of nitrogens with one attached hydrogen (secondary N) is 3. The Bertz CT molecular complexity index is 3140. The minimum absolute atomic E-state index is 0. The molecular formula is C42H42ClF2N11O4PdY3. The van der Waals surface area contributed by atoms with Gasteiger partial charge in [0.1, 0.15) is 62.8 Å². The molecule has 0 saturated heterocycles. The number of nitrogens with zero attached hydrogens (tertiary/aromatic N) is 8. The van der Waals surface area contributed by atoms with Crippen LogP contribution in [-0.4, -0.2) is 64.2 Å². The number of fused-ring (bicyclic) bond motifs is 6. The number of aromatic amines is 2. The predicted octanol–water partition coefficient (Wildman–Crippen LogP) is 10.3. The average Bonchev–Trinajstić information content (AvgIpc) is 3.35. The van der Waals surface area contributed by atoms with Crippen LogP contribution in [0.3, 0.4) is 0 Å². The molecule has 7 aromatic heterocycles. The standard InChI is InChI=1S/C24H24FN7O2.C17H14ClFN4O2.CH4.Pd.3Y/c1-10-18(11(2)34-31-10)20-16(33-5)8-14-19-23(26-12(3)27-24(19)29-22(14)21(20)25)28-17-9-15(13-6-7-13)30-32(17)4;1-6-11(7(2)25-23-6)13-10(24-4)5-9-12-16(18)20-8(3)21-17(12)22-15(9)14(13)19;;;;;/h8-9,13H,6-7H2,1-5H3,(H2,26,27,28,29);5H,1-4H3,(H,20,21,22);1H4;;;;. The third-order valence-corrected chi connectivity index (χ3v) is 10.9. The number of H-pyrrole nitrogens is 2. The zero-order valence-electron chi connectivity index (χ0n) is 35.6. The van der Waals surface area contributed by atoms with Crippen molar-refractivity contribution in [2.75, 3.05) is 19.5 Å². The second kappa shape index (κ2) is 21.1. The number of hydrogen-bond acceptors (Lipinski definition) is 12. The van der Waals surface area contributed by atoms with Gasteiger partial charge in [-0.25, -0.2) is 28.7 Å². The molecule has 3 N–H and O–H groups in total. The number of benzene rings is 2. The summed E-state index contributed by atoms with van der Waals surface area (Å²) >= 11 is 6.26. The van der Waals surface area contributed by atoms with Crippen molar-refractivity contribution < 1.29 is 146 Å². The number of rotatable bonds is 7. The fourth-order valence-corrected chi connectivity index (χ4v) is 8.09. The third-order valence-electron chi connectivity index (χ3n) is 10.6. The summed E-state index contributed by atoms with van der Waals surface area (Å²) in [4.78, 5) is 23.8. The largest absolute Gasteiger partial charge is 0.496 e. The fourth-order valence-electron chi connectivity index (χ4n) is 7.78. The molecule has 1 aliphatic rings. The summed E-state index contributed by atoms with van der Waals surface area (Å²) < 4.78 is 54.8. The Morgan fingerprint density at radius 3 is 1.64 bits per heavy atom. The number of halogens is 3. The fraction of sp³-hybridized carbons (Fsp3) is 0.310. The van der Waals surface area contributed by atoms with Gasteiger partial charge in [0.05, 0.1) is 75.4 Å². The van der Waals surface area contributed by atoms with E-state index in [4.69, 9.17) is 30.1 Å². The quantitative estimate of drug-likeness (QED) is 0.102. The van der Waals surface area contributed by atoms with E-state index in [0.717, 1.165) is 11.5 Å². The van der Waals surface area contributed by atoms with Crippen molar-refractivity contribution in [2.24, 2.45) is 7.05 Å². The Labute approximate surface area is 460 Å². The first-order chi connectivity index (χ1) is 28.3. The minimum Gasteiger partial charge on any atom is -0.496 e. The number of hydrogen-bond donors (Lipinski definition) is 3. The molecule has 0 atom stereocenters. The van der Waals surface area contributed by atoms with Gasteiger partial charge in [-0.05, 0) is 66.5 Å². The van der Waals surface area contributed by atoms with E-state index in [0.29, 0.717) is 118 Å². The van der Waals surface area contributed by atoms with Crippen molar-refractivity contribution in [2.45, 2.75) is 67.7 Å². The van der Waals surface area contributed by atoms with Gasteiger partial charge in [0, 0.05) is 148 Å². The number of aryl methyl sites for hydroxylation is 7. The number of ether oxygens (including phenoxy) is 2. The molecule has 0 unspecified atom stereocenters. The first-order valence-corrected chi connectivity index (χ1v) is 19.1. The zero-order valence-corrected chi connectivity index (χ0v) is 46.4. The van der Waals surface area contributed by atoms with Gasteiger partial charge in [-0.15, -0.1) is 0 Å². The summed E-state index contributed by atoms with van der Waals surface area (Å²) in [5.74, 6) is 3.82. The average molecular weight is 1210 g/mol. The monoisotopic (exact) mass is 1210 g/mol. The first kappa shape index (κ1) is 54.0. The maximum atomic E-state index is 16.0. The van der Waals surface area contributed by atoms with Crippen molar-refractivity contribution in [3.05, 3.63) is 75.2 Å². The molecule has 329 valence electrons. The summed E-state index contributed by atoms with van der Waals surface area (Å²) in [6.07, 6.45) is 2.34. The first-order valence-electron chi connectivity index (χ1n) is 18.7. The van der Waals surface area contributed by atoms with Gasteiger partial charge >= 0.3 is 0 Å². The van der Waals surface area contributed by atoms with E-state index >= 15 is 8.78 Å². The summed E-state index contributed by atoms with van der Waals surface area (Å²) in [5.41, 5.74) is 5.60. The third kappa shape index (κ3) is 9.44. The SMILES string of the molecule is C.COc1cc2c([nH]c3nc(C)nc(Cl)c32)c(F)c1-c1c(C)noc1C.COc1cc2c([nH]c3nc(C)nc(Nc4cc(C5CC5)nn4C)c32)c(F)c1-c1c(C)noc1C.[Pd].[Y].[Y].[Y]. The minimum atomic E-state index is -0.476. The summed E-state index contributed by atoms with van der Waals surface area (Å²) in [6.45, 7) is 10.6. The molecule has 2 aromatic carbocycles. The normalized spacial score (nSPS) is 11.9. The van der Waals surface area contributed by atoms with Gasteiger partial charge in [0.15, 0.2) is 11.6 Å². The molecule has 3 radical (unpaired) electrons. The maximum Gasteiger partial charge on any atom is 0.159 e. The zero-order chi connectivity index (χ0) is 41.6. The molecule has 9 aromatic rings. The smallest absolute Gasteiger partial charge is 0.159 e. The Morgan fingerprint density at radius 1 is 0.719 bits per heavy atom. The van der Waals surface area contributed by atoms with Gasteiger partial charge in [-0.1, -0.05) is 29.3 Å². The van der Waals surface area contributed by atoms with Crippen LogP contribution in [0.5, 0.6) is 11.5 Å². The molecule has 10 rings (SSSR count). The second-order valence-electron chi connectivity index (χ2n) is 14.6. The van der Waals surface area contributed by atoms with Crippen LogP contribution in [0.2, 0.25) is 5.15 Å². The summed E-state index contributed by atoms with van der Waals surface area (Å²) in [6, 6.07) is 5.58. The number of anilines is 2. The van der Waals surface area contributed by atoms with Crippen LogP contribution in [-0.2, 0) is 126 Å². The van der Waals surface area contributed by atoms with Crippen LogP contribution in [0.4, 0.5) is 20.4 Å². The van der Waals surface area contributed by atoms with Crippen molar-refractivity contribution >= 4 is 67.1 Å². The molecule has 0 aliphatic heterocycles. The number of aromatic nitrogens is 10. The molecule has 0 bridgehead atoms. The van der Waals surface area contributed by atoms with E-state index in [2.05, 4.69) is 50.6 Å². The topological polar surface area (TPSA) is 184 Å². The summed E-state index contributed by atoms with van der Waals surface area (Å²) in [7, 11) is 4.90. The van der Waals surface area contributed by atoms with Gasteiger partial charge < -0.3 is 33.8 Å². The van der Waals surface area contributed by atoms with Crippen LogP contribution in [0, 0.1) is 53.2 Å². The van der Waals surface area contributed by atoms with Crippen LogP contribution in [0.25, 0.3) is 66.1 Å². The Hall–Kier alpha value is -2.65. The Kier molecular flexibility index (Phi) is 17.8. The summed E-state index contributed by atoms with van der Waals surface area (Å²) in [5, 5.41) is 18.6. The van der Waals surface area contributed by atoms with Gasteiger partial charge in [-0.3, -0.25) is 4.68 Å². The van der Waals surface area contributed by atoms with Crippen molar-refractivity contribution in [1.29, 1.82) is 0 Å². The van der Waals surface area contributed by atoms with E-state index in [1.54, 1.807) is 53.7 Å². The van der Waals surface area contributed by atoms with Crippen LogP contribution in [0.15, 0.2) is 27.2 Å². The molecule has 0 spiro atoms. The predicted molar refractivity (Wildman–Crippen MR) is 225 cm³/mol. The molecule has 15 nitrogen and oxygen atoms in total. The van der Waals surface area contributed by atoms with Crippen LogP contribution in [0.1, 0.15) is 66.4 Å². The molecule has 1 fully saturated rings. The van der Waals surface area contributed by atoms with E-state index in [1.165, 1.54) is 27.1 Å². The molecule has 64 heavy (non-hydrogen) atoms. The van der Waals surface area contributed by atoms with E-state index < -0.39 is 11.6 Å². The van der Waals surface area contributed by atoms with E-state index in [9.17, 15) is 0 Å². The van der Waals surface area contributed by atoms with Crippen LogP contribution < -0.4 is 14.8 Å². The molecular weight excluding hydrogens is 1170 g/mol. The van der Waals surface area contributed by atoms with E-state index in [-0.39, 0.29) is 137 Å². The maximum absolute atomic E-state index is 16.0. The molecule has 1 aliphatic carbocycles. The molecule has 1 saturated carbocycles. The molecule has 22 heteroatoms. The molecule has 7 heterocycles. The van der Waals surface area contributed by atoms with Crippen molar-refractivity contribution in [3.63, 3.8) is 0 Å². The van der Waals surface area contributed by atoms with Gasteiger partial charge in [0.25, 0.3) is 0 Å².